The number of amides is 1. The third kappa shape index (κ3) is 5.92. The van der Waals surface area contributed by atoms with E-state index in [2.05, 4.69) is 17.4 Å². The van der Waals surface area contributed by atoms with Gasteiger partial charge in [-0.25, -0.2) is 12.7 Å². The van der Waals surface area contributed by atoms with Crippen molar-refractivity contribution in [3.05, 3.63) is 71.3 Å². The van der Waals surface area contributed by atoms with Gasteiger partial charge in [0.2, 0.25) is 15.9 Å². The molecule has 0 unspecified atom stereocenters. The summed E-state index contributed by atoms with van der Waals surface area (Å²) in [4.78, 5) is 12.8. The normalized spacial score (nSPS) is 16.4. The Labute approximate surface area is 180 Å². The number of nitrogens with zero attached hydrogens (tertiary/aromatic N) is 1. The number of hydrogen-bond acceptors (Lipinski definition) is 3. The van der Waals surface area contributed by atoms with E-state index in [1.807, 2.05) is 63.2 Å². The lowest BCUT2D eigenvalue weighted by Gasteiger charge is -2.33. The summed E-state index contributed by atoms with van der Waals surface area (Å²) in [6.07, 6.45) is 1.86. The van der Waals surface area contributed by atoms with E-state index in [0.717, 1.165) is 17.5 Å². The molecule has 1 saturated heterocycles. The topological polar surface area (TPSA) is 66.5 Å². The lowest BCUT2D eigenvalue weighted by molar-refractivity contribution is -0.127. The van der Waals surface area contributed by atoms with Crippen molar-refractivity contribution < 1.29 is 13.2 Å². The largest absolute Gasteiger partial charge is 0.351 e. The number of rotatable bonds is 7. The highest BCUT2D eigenvalue weighted by Crippen LogP contribution is 2.24. The highest BCUT2D eigenvalue weighted by molar-refractivity contribution is 7.88. The van der Waals surface area contributed by atoms with Gasteiger partial charge in [-0.15, -0.1) is 0 Å². The van der Waals surface area contributed by atoms with Crippen LogP contribution in [-0.4, -0.2) is 37.3 Å². The smallest absolute Gasteiger partial charge is 0.223 e. The molecule has 1 heterocycles. The Morgan fingerprint density at radius 2 is 1.63 bits per heavy atom. The molecule has 5 nitrogen and oxygen atoms in total. The second-order valence-electron chi connectivity index (χ2n) is 8.89. The predicted molar refractivity (Wildman–Crippen MR) is 120 cm³/mol. The number of hydrogen-bond donors (Lipinski definition) is 1. The molecule has 162 valence electrons. The number of piperidine rings is 1. The van der Waals surface area contributed by atoms with E-state index in [1.165, 1.54) is 5.56 Å². The van der Waals surface area contributed by atoms with Crippen molar-refractivity contribution >= 4 is 15.9 Å². The summed E-state index contributed by atoms with van der Waals surface area (Å²) in [5.74, 6) is -0.113. The lowest BCUT2D eigenvalue weighted by Crippen LogP contribution is -2.50. The molecule has 1 aliphatic rings. The maximum atomic E-state index is 12.8. The first-order chi connectivity index (χ1) is 14.2. The SMILES string of the molecule is Cc1ccccc1CS(=O)(=O)N1CCC(C(=O)NC(C)(C)Cc2ccccc2)CC1. The zero-order chi connectivity index (χ0) is 21.8. The van der Waals surface area contributed by atoms with Crippen LogP contribution in [-0.2, 0) is 27.0 Å². The second kappa shape index (κ2) is 9.31. The molecule has 1 aliphatic heterocycles. The summed E-state index contributed by atoms with van der Waals surface area (Å²) in [7, 11) is -3.38. The number of carbonyl (C=O) groups excluding carboxylic acids is 1. The van der Waals surface area contributed by atoms with Crippen LogP contribution in [0.3, 0.4) is 0 Å². The number of sulfonamides is 1. The molecule has 1 amide bonds. The average Bonchev–Trinajstić information content (AvgIpc) is 2.70. The van der Waals surface area contributed by atoms with Gasteiger partial charge >= 0.3 is 0 Å². The molecule has 2 aromatic carbocycles. The van der Waals surface area contributed by atoms with Gasteiger partial charge in [-0.1, -0.05) is 54.6 Å². The fraction of sp³-hybridized carbons (Fsp3) is 0.458. The fourth-order valence-electron chi connectivity index (χ4n) is 4.04. The van der Waals surface area contributed by atoms with Crippen molar-refractivity contribution in [1.82, 2.24) is 9.62 Å². The Bertz CT molecular complexity index is 963. The molecule has 0 saturated carbocycles. The van der Waals surface area contributed by atoms with Crippen LogP contribution < -0.4 is 5.32 Å². The van der Waals surface area contributed by atoms with E-state index in [-0.39, 0.29) is 23.1 Å². The van der Waals surface area contributed by atoms with Crippen molar-refractivity contribution in [1.29, 1.82) is 0 Å². The van der Waals surface area contributed by atoms with Crippen LogP contribution in [0.5, 0.6) is 0 Å². The third-order valence-electron chi connectivity index (χ3n) is 5.77. The van der Waals surface area contributed by atoms with E-state index in [9.17, 15) is 13.2 Å². The predicted octanol–water partition coefficient (Wildman–Crippen LogP) is 3.67. The van der Waals surface area contributed by atoms with Gasteiger partial charge < -0.3 is 5.32 Å². The summed E-state index contributed by atoms with van der Waals surface area (Å²) in [6, 6.07) is 17.7. The van der Waals surface area contributed by atoms with Crippen molar-refractivity contribution in [3.63, 3.8) is 0 Å². The van der Waals surface area contributed by atoms with E-state index in [4.69, 9.17) is 0 Å². The standard InChI is InChI=1S/C24H32N2O3S/c1-19-9-7-8-12-22(19)18-30(28,29)26-15-13-21(14-16-26)23(27)25-24(2,3)17-20-10-5-4-6-11-20/h4-12,21H,13-18H2,1-3H3,(H,25,27). The van der Waals surface area contributed by atoms with Crippen LogP contribution in [0.2, 0.25) is 0 Å². The van der Waals surface area contributed by atoms with Crippen LogP contribution >= 0.6 is 0 Å². The number of nitrogens with one attached hydrogen (secondary N) is 1. The number of aryl methyl sites for hydroxylation is 1. The van der Waals surface area contributed by atoms with Gasteiger partial charge in [-0.3, -0.25) is 4.79 Å². The van der Waals surface area contributed by atoms with Crippen molar-refractivity contribution in [3.8, 4) is 0 Å². The van der Waals surface area contributed by atoms with E-state index in [1.54, 1.807) is 4.31 Å². The highest BCUT2D eigenvalue weighted by atomic mass is 32.2. The van der Waals surface area contributed by atoms with E-state index < -0.39 is 10.0 Å². The molecule has 1 N–H and O–H groups in total. The molecule has 0 bridgehead atoms. The zero-order valence-corrected chi connectivity index (χ0v) is 18.9. The van der Waals surface area contributed by atoms with Crippen molar-refractivity contribution in [2.45, 2.75) is 51.3 Å². The Balaban J connectivity index is 1.54. The Morgan fingerprint density at radius 1 is 1.03 bits per heavy atom. The second-order valence-corrected chi connectivity index (χ2v) is 10.9. The first-order valence-corrected chi connectivity index (χ1v) is 12.2. The van der Waals surface area contributed by atoms with Crippen molar-refractivity contribution in [2.24, 2.45) is 5.92 Å². The minimum atomic E-state index is -3.38. The highest BCUT2D eigenvalue weighted by Gasteiger charge is 2.33. The average molecular weight is 429 g/mol. The number of benzene rings is 2. The van der Waals surface area contributed by atoms with Gasteiger partial charge in [0, 0.05) is 24.5 Å². The molecule has 30 heavy (non-hydrogen) atoms. The monoisotopic (exact) mass is 428 g/mol. The van der Waals surface area contributed by atoms with Crippen LogP contribution in [0.4, 0.5) is 0 Å². The lowest BCUT2D eigenvalue weighted by atomic mass is 9.91. The molecular weight excluding hydrogens is 396 g/mol. The molecule has 0 spiro atoms. The Hall–Kier alpha value is -2.18. The van der Waals surface area contributed by atoms with Gasteiger partial charge in [0.05, 0.1) is 5.75 Å². The zero-order valence-electron chi connectivity index (χ0n) is 18.1. The summed E-state index contributed by atoms with van der Waals surface area (Å²) >= 11 is 0. The van der Waals surface area contributed by atoms with Crippen LogP contribution in [0, 0.1) is 12.8 Å². The van der Waals surface area contributed by atoms with Gasteiger partial charge in [0.25, 0.3) is 0 Å². The van der Waals surface area contributed by atoms with Gasteiger partial charge in [-0.2, -0.15) is 0 Å². The molecular formula is C24H32N2O3S. The molecule has 0 atom stereocenters. The molecule has 3 rings (SSSR count). The molecule has 0 aromatic heterocycles. The third-order valence-corrected chi connectivity index (χ3v) is 7.60. The van der Waals surface area contributed by atoms with Gasteiger partial charge in [0.1, 0.15) is 0 Å². The van der Waals surface area contributed by atoms with Crippen LogP contribution in [0.1, 0.15) is 43.4 Å². The first-order valence-electron chi connectivity index (χ1n) is 10.5. The summed E-state index contributed by atoms with van der Waals surface area (Å²) in [5, 5.41) is 3.17. The fourth-order valence-corrected chi connectivity index (χ4v) is 5.71. The van der Waals surface area contributed by atoms with Gasteiger partial charge in [0.15, 0.2) is 0 Å². The summed E-state index contributed by atoms with van der Waals surface area (Å²) in [5.41, 5.74) is 2.64. The molecule has 0 radical (unpaired) electrons. The Morgan fingerprint density at radius 3 is 2.27 bits per heavy atom. The quantitative estimate of drug-likeness (QED) is 0.732. The molecule has 6 heteroatoms. The number of carbonyl (C=O) groups is 1. The minimum absolute atomic E-state index is 0.0145. The molecule has 1 fully saturated rings. The summed E-state index contributed by atoms with van der Waals surface area (Å²) < 4.78 is 27.2. The maximum absolute atomic E-state index is 12.8. The van der Waals surface area contributed by atoms with E-state index >= 15 is 0 Å². The van der Waals surface area contributed by atoms with Crippen LogP contribution in [0.25, 0.3) is 0 Å². The van der Waals surface area contributed by atoms with Gasteiger partial charge in [-0.05, 0) is 56.7 Å². The Kier molecular flexibility index (Phi) is 6.98. The first kappa shape index (κ1) is 22.5. The van der Waals surface area contributed by atoms with Crippen LogP contribution in [0.15, 0.2) is 54.6 Å². The van der Waals surface area contributed by atoms with Crippen molar-refractivity contribution in [2.75, 3.05) is 13.1 Å². The molecule has 2 aromatic rings. The maximum Gasteiger partial charge on any atom is 0.223 e. The minimum Gasteiger partial charge on any atom is -0.351 e. The molecule has 0 aliphatic carbocycles. The van der Waals surface area contributed by atoms with E-state index in [0.29, 0.717) is 25.9 Å². The summed E-state index contributed by atoms with van der Waals surface area (Å²) in [6.45, 7) is 6.77.